The van der Waals surface area contributed by atoms with Gasteiger partial charge in [0.25, 0.3) is 0 Å². The summed E-state index contributed by atoms with van der Waals surface area (Å²) in [5.74, 6) is 0.930. The first-order valence-electron chi connectivity index (χ1n) is 8.24. The van der Waals surface area contributed by atoms with E-state index in [0.29, 0.717) is 6.04 Å². The van der Waals surface area contributed by atoms with Crippen LogP contribution in [0.25, 0.3) is 0 Å². The van der Waals surface area contributed by atoms with Crippen LogP contribution in [0.5, 0.6) is 0 Å². The van der Waals surface area contributed by atoms with Crippen molar-refractivity contribution in [2.24, 2.45) is 11.7 Å². The van der Waals surface area contributed by atoms with E-state index in [9.17, 15) is 0 Å². The van der Waals surface area contributed by atoms with Crippen LogP contribution in [0.3, 0.4) is 0 Å². The van der Waals surface area contributed by atoms with Gasteiger partial charge in [0, 0.05) is 21.8 Å². The van der Waals surface area contributed by atoms with Gasteiger partial charge in [-0.05, 0) is 64.1 Å². The molecule has 0 spiro atoms. The first-order chi connectivity index (χ1) is 9.66. The lowest BCUT2D eigenvalue weighted by Crippen LogP contribution is -2.44. The second-order valence-electron chi connectivity index (χ2n) is 6.74. The van der Waals surface area contributed by atoms with Crippen molar-refractivity contribution >= 4 is 11.3 Å². The SMILES string of the molecule is Cc1ccc(C(C(C)N)N2CCCC2C2CCCC2)s1. The standard InChI is InChI=1S/C17H28N2S/c1-12-9-10-16(20-12)17(13(2)18)19-11-5-8-15(19)14-6-3-4-7-14/h9-10,13-15,17H,3-8,11,18H2,1-2H3. The highest BCUT2D eigenvalue weighted by molar-refractivity contribution is 7.12. The summed E-state index contributed by atoms with van der Waals surface area (Å²) in [5.41, 5.74) is 6.38. The van der Waals surface area contributed by atoms with Crippen LogP contribution in [-0.4, -0.2) is 23.5 Å². The van der Waals surface area contributed by atoms with E-state index in [4.69, 9.17) is 5.73 Å². The topological polar surface area (TPSA) is 29.3 Å². The minimum atomic E-state index is 0.218. The summed E-state index contributed by atoms with van der Waals surface area (Å²) in [7, 11) is 0. The number of likely N-dealkylation sites (tertiary alicyclic amines) is 1. The van der Waals surface area contributed by atoms with E-state index in [0.717, 1.165) is 12.0 Å². The van der Waals surface area contributed by atoms with Gasteiger partial charge in [-0.2, -0.15) is 0 Å². The zero-order valence-corrected chi connectivity index (χ0v) is 13.7. The molecule has 2 heterocycles. The lowest BCUT2D eigenvalue weighted by Gasteiger charge is -2.37. The first kappa shape index (κ1) is 14.6. The van der Waals surface area contributed by atoms with Crippen LogP contribution in [-0.2, 0) is 0 Å². The Labute approximate surface area is 127 Å². The summed E-state index contributed by atoms with van der Waals surface area (Å²) in [4.78, 5) is 5.64. The number of nitrogens with two attached hydrogens (primary N) is 1. The van der Waals surface area contributed by atoms with Crippen LogP contribution in [0.1, 0.15) is 61.2 Å². The summed E-state index contributed by atoms with van der Waals surface area (Å²) < 4.78 is 0. The zero-order valence-electron chi connectivity index (χ0n) is 12.8. The van der Waals surface area contributed by atoms with Gasteiger partial charge in [-0.15, -0.1) is 11.3 Å². The molecule has 1 saturated carbocycles. The third-order valence-corrected chi connectivity index (χ3v) is 6.27. The van der Waals surface area contributed by atoms with Crippen molar-refractivity contribution in [1.82, 2.24) is 4.90 Å². The molecule has 0 radical (unpaired) electrons. The molecule has 1 aromatic heterocycles. The molecular weight excluding hydrogens is 264 g/mol. The van der Waals surface area contributed by atoms with Gasteiger partial charge in [0.1, 0.15) is 0 Å². The molecule has 1 aliphatic carbocycles. The monoisotopic (exact) mass is 292 g/mol. The van der Waals surface area contributed by atoms with Gasteiger partial charge < -0.3 is 5.73 Å². The Morgan fingerprint density at radius 2 is 1.95 bits per heavy atom. The maximum absolute atomic E-state index is 6.38. The minimum absolute atomic E-state index is 0.218. The number of hydrogen-bond acceptors (Lipinski definition) is 3. The molecule has 3 rings (SSSR count). The quantitative estimate of drug-likeness (QED) is 0.905. The van der Waals surface area contributed by atoms with Gasteiger partial charge in [-0.25, -0.2) is 0 Å². The number of rotatable bonds is 4. The Kier molecular flexibility index (Phi) is 4.49. The van der Waals surface area contributed by atoms with E-state index >= 15 is 0 Å². The fourth-order valence-corrected chi connectivity index (χ4v) is 5.46. The summed E-state index contributed by atoms with van der Waals surface area (Å²) in [6.07, 6.45) is 8.51. The summed E-state index contributed by atoms with van der Waals surface area (Å²) in [6.45, 7) is 5.62. The smallest absolute Gasteiger partial charge is 0.0593 e. The van der Waals surface area contributed by atoms with Gasteiger partial charge in [0.15, 0.2) is 0 Å². The molecule has 3 unspecified atom stereocenters. The summed E-state index contributed by atoms with van der Waals surface area (Å²) in [5, 5.41) is 0. The van der Waals surface area contributed by atoms with Crippen molar-refractivity contribution in [3.63, 3.8) is 0 Å². The van der Waals surface area contributed by atoms with E-state index < -0.39 is 0 Å². The average Bonchev–Trinajstić information content (AvgIpc) is 3.10. The van der Waals surface area contributed by atoms with Crippen LogP contribution >= 0.6 is 11.3 Å². The van der Waals surface area contributed by atoms with Crippen molar-refractivity contribution in [2.75, 3.05) is 6.54 Å². The van der Waals surface area contributed by atoms with Crippen molar-refractivity contribution in [3.8, 4) is 0 Å². The van der Waals surface area contributed by atoms with Crippen molar-refractivity contribution in [2.45, 2.75) is 70.5 Å². The normalized spacial score (nSPS) is 28.1. The van der Waals surface area contributed by atoms with Crippen LogP contribution in [0.15, 0.2) is 12.1 Å². The third kappa shape index (κ3) is 2.81. The zero-order chi connectivity index (χ0) is 14.1. The van der Waals surface area contributed by atoms with E-state index in [-0.39, 0.29) is 6.04 Å². The molecule has 1 saturated heterocycles. The molecular formula is C17H28N2S. The molecule has 2 N–H and O–H groups in total. The van der Waals surface area contributed by atoms with Gasteiger partial charge >= 0.3 is 0 Å². The van der Waals surface area contributed by atoms with E-state index in [2.05, 4.69) is 30.9 Å². The third-order valence-electron chi connectivity index (χ3n) is 5.19. The molecule has 1 aromatic rings. The van der Waals surface area contributed by atoms with Crippen LogP contribution in [0.2, 0.25) is 0 Å². The Balaban J connectivity index is 1.82. The summed E-state index contributed by atoms with van der Waals surface area (Å²) in [6, 6.07) is 5.99. The fourth-order valence-electron chi connectivity index (χ4n) is 4.35. The molecule has 112 valence electrons. The molecule has 0 aromatic carbocycles. The maximum Gasteiger partial charge on any atom is 0.0593 e. The van der Waals surface area contributed by atoms with E-state index in [1.165, 1.54) is 54.8 Å². The second kappa shape index (κ2) is 6.17. The van der Waals surface area contributed by atoms with Crippen LogP contribution < -0.4 is 5.73 Å². The number of nitrogens with zero attached hydrogens (tertiary/aromatic N) is 1. The molecule has 2 nitrogen and oxygen atoms in total. The Morgan fingerprint density at radius 3 is 2.55 bits per heavy atom. The molecule has 0 amide bonds. The average molecular weight is 292 g/mol. The fraction of sp³-hybridized carbons (Fsp3) is 0.765. The number of hydrogen-bond donors (Lipinski definition) is 1. The highest BCUT2D eigenvalue weighted by Crippen LogP contribution is 2.41. The van der Waals surface area contributed by atoms with Gasteiger partial charge in [-0.3, -0.25) is 4.90 Å². The molecule has 1 aliphatic heterocycles. The molecule has 2 fully saturated rings. The first-order valence-corrected chi connectivity index (χ1v) is 9.06. The molecule has 0 bridgehead atoms. The predicted octanol–water partition coefficient (Wildman–Crippen LogP) is 4.10. The van der Waals surface area contributed by atoms with Gasteiger partial charge in [0.05, 0.1) is 6.04 Å². The van der Waals surface area contributed by atoms with E-state index in [1.807, 2.05) is 11.3 Å². The van der Waals surface area contributed by atoms with Crippen LogP contribution in [0.4, 0.5) is 0 Å². The molecule has 3 heteroatoms. The van der Waals surface area contributed by atoms with Crippen molar-refractivity contribution < 1.29 is 0 Å². The van der Waals surface area contributed by atoms with Crippen LogP contribution in [0, 0.1) is 12.8 Å². The van der Waals surface area contributed by atoms with Crippen molar-refractivity contribution in [1.29, 1.82) is 0 Å². The number of aryl methyl sites for hydroxylation is 1. The van der Waals surface area contributed by atoms with Gasteiger partial charge in [0.2, 0.25) is 0 Å². The second-order valence-corrected chi connectivity index (χ2v) is 8.06. The lowest BCUT2D eigenvalue weighted by molar-refractivity contribution is 0.122. The molecule has 3 atom stereocenters. The Morgan fingerprint density at radius 1 is 1.20 bits per heavy atom. The molecule has 2 aliphatic rings. The van der Waals surface area contributed by atoms with E-state index in [1.54, 1.807) is 0 Å². The largest absolute Gasteiger partial charge is 0.326 e. The lowest BCUT2D eigenvalue weighted by atomic mass is 9.94. The highest BCUT2D eigenvalue weighted by Gasteiger charge is 2.38. The molecule has 20 heavy (non-hydrogen) atoms. The maximum atomic E-state index is 6.38. The minimum Gasteiger partial charge on any atom is -0.326 e. The van der Waals surface area contributed by atoms with Gasteiger partial charge in [-0.1, -0.05) is 12.8 Å². The highest BCUT2D eigenvalue weighted by atomic mass is 32.1. The van der Waals surface area contributed by atoms with Crippen molar-refractivity contribution in [3.05, 3.63) is 21.9 Å². The Hall–Kier alpha value is -0.380. The Bertz CT molecular complexity index is 434. The predicted molar refractivity (Wildman–Crippen MR) is 87.1 cm³/mol. The summed E-state index contributed by atoms with van der Waals surface area (Å²) >= 11 is 1.93. The number of thiophene rings is 1.